The number of hydrogen-bond donors (Lipinski definition) is 1. The molecule has 0 bridgehead atoms. The van der Waals surface area contributed by atoms with Crippen LogP contribution in [0.15, 0.2) is 41.8 Å². The highest BCUT2D eigenvalue weighted by Crippen LogP contribution is 2.44. The Morgan fingerprint density at radius 1 is 1.29 bits per heavy atom. The molecule has 1 fully saturated rings. The smallest absolute Gasteiger partial charge is 0.269 e. The number of phenolic OH excluding ortho intramolecular Hbond substituents is 1. The molecular formula is C22H21N3O4S2. The van der Waals surface area contributed by atoms with E-state index in [0.29, 0.717) is 10.7 Å². The van der Waals surface area contributed by atoms with Gasteiger partial charge in [-0.15, -0.1) is 23.1 Å². The number of carbonyl (C=O) groups excluding carboxylic acids is 1. The van der Waals surface area contributed by atoms with Gasteiger partial charge in [0.15, 0.2) is 5.13 Å². The number of nitro groups is 1. The van der Waals surface area contributed by atoms with E-state index >= 15 is 0 Å². The van der Waals surface area contributed by atoms with Gasteiger partial charge >= 0.3 is 0 Å². The van der Waals surface area contributed by atoms with E-state index in [4.69, 9.17) is 4.98 Å². The van der Waals surface area contributed by atoms with Crippen LogP contribution in [-0.4, -0.2) is 26.7 Å². The fourth-order valence-electron chi connectivity index (χ4n) is 3.62. The van der Waals surface area contributed by atoms with E-state index in [2.05, 4.69) is 0 Å². The number of aryl methyl sites for hydroxylation is 1. The summed E-state index contributed by atoms with van der Waals surface area (Å²) in [5.74, 6) is 0.640. The van der Waals surface area contributed by atoms with Crippen molar-refractivity contribution in [2.75, 3.05) is 10.7 Å². The van der Waals surface area contributed by atoms with E-state index in [-0.39, 0.29) is 34.4 Å². The molecule has 4 rings (SSSR count). The second-order valence-electron chi connectivity index (χ2n) is 7.68. The second kappa shape index (κ2) is 8.32. The minimum Gasteiger partial charge on any atom is -0.508 e. The Bertz CT molecular complexity index is 1180. The van der Waals surface area contributed by atoms with Gasteiger partial charge in [-0.2, -0.15) is 0 Å². The maximum atomic E-state index is 12.7. The summed E-state index contributed by atoms with van der Waals surface area (Å²) in [7, 11) is 0. The highest BCUT2D eigenvalue weighted by Gasteiger charge is 2.36. The maximum absolute atomic E-state index is 12.7. The molecule has 1 aliphatic heterocycles. The Morgan fingerprint density at radius 2 is 2.06 bits per heavy atom. The molecule has 1 amide bonds. The molecule has 0 spiro atoms. The van der Waals surface area contributed by atoms with Crippen LogP contribution in [0, 0.1) is 17.0 Å². The summed E-state index contributed by atoms with van der Waals surface area (Å²) in [4.78, 5) is 29.8. The first-order valence-corrected chi connectivity index (χ1v) is 11.7. The van der Waals surface area contributed by atoms with E-state index in [1.54, 1.807) is 23.1 Å². The number of nitrogens with zero attached hydrogens (tertiary/aromatic N) is 3. The standard InChI is InChI=1S/C22H21N3O4S2/c1-12(2)16-9-17(13(3)7-19(16)26)18-10-31-22(23-18)24-20(27)11-30-21(24)14-5-4-6-15(8-14)25(28)29/h4-10,12,21,26H,11H2,1-3H3. The van der Waals surface area contributed by atoms with Gasteiger partial charge in [0.25, 0.3) is 5.69 Å². The van der Waals surface area contributed by atoms with Crippen molar-refractivity contribution in [3.8, 4) is 17.0 Å². The number of benzene rings is 2. The van der Waals surface area contributed by atoms with Crippen LogP contribution < -0.4 is 4.90 Å². The van der Waals surface area contributed by atoms with Crippen molar-refractivity contribution in [3.63, 3.8) is 0 Å². The molecule has 2 heterocycles. The number of rotatable bonds is 5. The molecule has 3 aromatic rings. The van der Waals surface area contributed by atoms with Crippen molar-refractivity contribution in [2.24, 2.45) is 0 Å². The van der Waals surface area contributed by atoms with Gasteiger partial charge in [-0.1, -0.05) is 26.0 Å². The summed E-state index contributed by atoms with van der Waals surface area (Å²) >= 11 is 2.80. The molecule has 0 radical (unpaired) electrons. The highest BCUT2D eigenvalue weighted by molar-refractivity contribution is 8.00. The number of anilines is 1. The van der Waals surface area contributed by atoms with Crippen LogP contribution in [0.2, 0.25) is 0 Å². The second-order valence-corrected chi connectivity index (χ2v) is 9.58. The van der Waals surface area contributed by atoms with Crippen molar-refractivity contribution in [1.29, 1.82) is 0 Å². The Morgan fingerprint density at radius 3 is 2.77 bits per heavy atom. The average molecular weight is 456 g/mol. The molecule has 1 saturated heterocycles. The molecule has 0 saturated carbocycles. The molecule has 1 aliphatic rings. The van der Waals surface area contributed by atoms with Gasteiger partial charge in [0, 0.05) is 23.1 Å². The van der Waals surface area contributed by atoms with E-state index in [1.165, 1.54) is 35.2 Å². The number of thiazole rings is 1. The Labute approximate surface area is 187 Å². The molecule has 9 heteroatoms. The summed E-state index contributed by atoms with van der Waals surface area (Å²) in [6.07, 6.45) is 0. The lowest BCUT2D eigenvalue weighted by Crippen LogP contribution is -2.27. The number of aromatic nitrogens is 1. The molecule has 1 N–H and O–H groups in total. The summed E-state index contributed by atoms with van der Waals surface area (Å²) in [5.41, 5.74) is 4.09. The fourth-order valence-corrected chi connectivity index (χ4v) is 5.70. The van der Waals surface area contributed by atoms with Crippen molar-refractivity contribution in [3.05, 3.63) is 68.6 Å². The Kier molecular flexibility index (Phi) is 5.72. The van der Waals surface area contributed by atoms with Gasteiger partial charge in [0.1, 0.15) is 11.1 Å². The van der Waals surface area contributed by atoms with Gasteiger partial charge in [0.05, 0.1) is 16.4 Å². The molecule has 1 atom stereocenters. The average Bonchev–Trinajstić information content (AvgIpc) is 3.34. The lowest BCUT2D eigenvalue weighted by Gasteiger charge is -2.21. The first-order chi connectivity index (χ1) is 14.8. The van der Waals surface area contributed by atoms with E-state index < -0.39 is 4.92 Å². The summed E-state index contributed by atoms with van der Waals surface area (Å²) < 4.78 is 0. The molecule has 0 aliphatic carbocycles. The van der Waals surface area contributed by atoms with Crippen molar-refractivity contribution < 1.29 is 14.8 Å². The minimum absolute atomic E-state index is 0.00170. The number of carbonyl (C=O) groups is 1. The zero-order valence-electron chi connectivity index (χ0n) is 17.2. The number of non-ortho nitro benzene ring substituents is 1. The number of thioether (sulfide) groups is 1. The van der Waals surface area contributed by atoms with Crippen LogP contribution in [0.3, 0.4) is 0 Å². The molecular weight excluding hydrogens is 434 g/mol. The molecule has 1 unspecified atom stereocenters. The van der Waals surface area contributed by atoms with Crippen LogP contribution >= 0.6 is 23.1 Å². The Balaban J connectivity index is 1.71. The van der Waals surface area contributed by atoms with Crippen molar-refractivity contribution >= 4 is 39.8 Å². The minimum atomic E-state index is -0.434. The van der Waals surface area contributed by atoms with Crippen LogP contribution in [0.5, 0.6) is 5.75 Å². The monoisotopic (exact) mass is 455 g/mol. The van der Waals surface area contributed by atoms with Gasteiger partial charge in [-0.05, 0) is 41.7 Å². The van der Waals surface area contributed by atoms with Gasteiger partial charge in [-0.3, -0.25) is 19.8 Å². The summed E-state index contributed by atoms with van der Waals surface area (Å²) in [6.45, 7) is 5.95. The van der Waals surface area contributed by atoms with Crippen LogP contribution in [-0.2, 0) is 4.79 Å². The lowest BCUT2D eigenvalue weighted by atomic mass is 9.95. The highest BCUT2D eigenvalue weighted by atomic mass is 32.2. The zero-order chi connectivity index (χ0) is 22.3. The molecule has 7 nitrogen and oxygen atoms in total. The zero-order valence-corrected chi connectivity index (χ0v) is 18.9. The fraction of sp³-hybridized carbons (Fsp3) is 0.273. The predicted octanol–water partition coefficient (Wildman–Crippen LogP) is 5.63. The molecule has 1 aromatic heterocycles. The number of phenols is 1. The van der Waals surface area contributed by atoms with Crippen molar-refractivity contribution in [1.82, 2.24) is 4.98 Å². The molecule has 31 heavy (non-hydrogen) atoms. The summed E-state index contributed by atoms with van der Waals surface area (Å²) in [6, 6.07) is 10.1. The third-order valence-corrected chi connectivity index (χ3v) is 7.26. The van der Waals surface area contributed by atoms with Gasteiger partial charge < -0.3 is 5.11 Å². The maximum Gasteiger partial charge on any atom is 0.269 e. The van der Waals surface area contributed by atoms with Crippen LogP contribution in [0.4, 0.5) is 10.8 Å². The lowest BCUT2D eigenvalue weighted by molar-refractivity contribution is -0.384. The number of nitro benzene ring substituents is 1. The van der Waals surface area contributed by atoms with Crippen LogP contribution in [0.25, 0.3) is 11.3 Å². The van der Waals surface area contributed by atoms with Gasteiger partial charge in [0.2, 0.25) is 5.91 Å². The van der Waals surface area contributed by atoms with E-state index in [9.17, 15) is 20.0 Å². The quantitative estimate of drug-likeness (QED) is 0.395. The number of hydrogen-bond acceptors (Lipinski definition) is 7. The first kappa shape index (κ1) is 21.3. The first-order valence-electron chi connectivity index (χ1n) is 9.73. The molecule has 2 aromatic carbocycles. The van der Waals surface area contributed by atoms with Gasteiger partial charge in [-0.25, -0.2) is 4.98 Å². The van der Waals surface area contributed by atoms with Crippen molar-refractivity contribution in [2.45, 2.75) is 32.1 Å². The number of aromatic hydroxyl groups is 1. The van der Waals surface area contributed by atoms with E-state index in [1.807, 2.05) is 32.2 Å². The number of amides is 1. The SMILES string of the molecule is Cc1cc(O)c(C(C)C)cc1-c1csc(N2C(=O)CSC2c2cccc([N+](=O)[O-])c2)n1. The van der Waals surface area contributed by atoms with E-state index in [0.717, 1.165) is 22.4 Å². The van der Waals surface area contributed by atoms with Crippen LogP contribution in [0.1, 0.15) is 41.8 Å². The Hall–Kier alpha value is -2.91. The normalized spacial score (nSPS) is 16.3. The topological polar surface area (TPSA) is 96.6 Å². The largest absolute Gasteiger partial charge is 0.508 e. The molecule has 160 valence electrons. The third-order valence-electron chi connectivity index (χ3n) is 5.20. The summed E-state index contributed by atoms with van der Waals surface area (Å²) in [5, 5.41) is 23.5. The predicted molar refractivity (Wildman–Crippen MR) is 124 cm³/mol. The third kappa shape index (κ3) is 4.03.